The predicted octanol–water partition coefficient (Wildman–Crippen LogP) is 2.06. The summed E-state index contributed by atoms with van der Waals surface area (Å²) in [7, 11) is -3.44. The number of hydrogen-bond donors (Lipinski definition) is 2. The fourth-order valence-electron chi connectivity index (χ4n) is 2.94. The molecule has 1 aromatic carbocycles. The molecule has 6 nitrogen and oxygen atoms in total. The van der Waals surface area contributed by atoms with Crippen molar-refractivity contribution in [3.63, 3.8) is 0 Å². The van der Waals surface area contributed by atoms with Gasteiger partial charge in [-0.05, 0) is 57.0 Å². The third kappa shape index (κ3) is 5.73. The van der Waals surface area contributed by atoms with E-state index < -0.39 is 10.2 Å². The Kier molecular flexibility index (Phi) is 7.48. The molecule has 0 spiro atoms. The van der Waals surface area contributed by atoms with E-state index in [9.17, 15) is 8.42 Å². The Morgan fingerprint density at radius 3 is 2.38 bits per heavy atom. The van der Waals surface area contributed by atoms with Crippen molar-refractivity contribution in [3.8, 4) is 5.75 Å². The lowest BCUT2D eigenvalue weighted by atomic mass is 10.1. The van der Waals surface area contributed by atoms with Crippen LogP contribution in [-0.2, 0) is 10.2 Å². The quantitative estimate of drug-likeness (QED) is 0.674. The fourth-order valence-corrected chi connectivity index (χ4v) is 3.89. The van der Waals surface area contributed by atoms with Gasteiger partial charge >= 0.3 is 0 Å². The second kappa shape index (κ2) is 9.36. The number of rotatable bonds is 10. The first-order valence-electron chi connectivity index (χ1n) is 8.76. The van der Waals surface area contributed by atoms with E-state index in [4.69, 9.17) is 4.74 Å². The molecule has 1 saturated heterocycles. The van der Waals surface area contributed by atoms with Crippen molar-refractivity contribution in [1.82, 2.24) is 14.3 Å². The highest BCUT2D eigenvalue weighted by molar-refractivity contribution is 7.87. The number of hydrogen-bond acceptors (Lipinski definition) is 4. The van der Waals surface area contributed by atoms with Crippen molar-refractivity contribution in [2.24, 2.45) is 0 Å². The summed E-state index contributed by atoms with van der Waals surface area (Å²) in [6, 6.07) is 8.00. The van der Waals surface area contributed by atoms with Crippen LogP contribution in [0, 0.1) is 0 Å². The first-order chi connectivity index (χ1) is 11.6. The van der Waals surface area contributed by atoms with E-state index in [1.54, 1.807) is 0 Å². The highest BCUT2D eigenvalue weighted by Gasteiger charge is 2.25. The van der Waals surface area contributed by atoms with Gasteiger partial charge in [-0.1, -0.05) is 19.1 Å². The van der Waals surface area contributed by atoms with Crippen LogP contribution in [0.1, 0.15) is 44.7 Å². The monoisotopic (exact) mass is 355 g/mol. The Morgan fingerprint density at radius 2 is 1.79 bits per heavy atom. The lowest BCUT2D eigenvalue weighted by Gasteiger charge is -2.28. The molecule has 1 aromatic rings. The Bertz CT molecular complexity index is 584. The molecular formula is C17H29N3O3S. The van der Waals surface area contributed by atoms with Crippen LogP contribution in [0.4, 0.5) is 0 Å². The topological polar surface area (TPSA) is 70.7 Å². The lowest BCUT2D eigenvalue weighted by Crippen LogP contribution is -2.42. The zero-order valence-corrected chi connectivity index (χ0v) is 15.4. The van der Waals surface area contributed by atoms with Crippen molar-refractivity contribution in [3.05, 3.63) is 29.8 Å². The van der Waals surface area contributed by atoms with Crippen molar-refractivity contribution in [2.75, 3.05) is 32.8 Å². The standard InChI is InChI=1S/C17H29N3O3S/c1-3-11-18-24(21,22)19-14-17(20-12-5-6-13-20)15-7-9-16(10-8-15)23-4-2/h7-10,17-19H,3-6,11-14H2,1-2H3. The van der Waals surface area contributed by atoms with Gasteiger partial charge in [-0.25, -0.2) is 9.44 Å². The minimum atomic E-state index is -3.44. The molecule has 1 fully saturated rings. The maximum Gasteiger partial charge on any atom is 0.276 e. The van der Waals surface area contributed by atoms with Crippen molar-refractivity contribution in [1.29, 1.82) is 0 Å². The van der Waals surface area contributed by atoms with Crippen LogP contribution in [0.5, 0.6) is 5.75 Å². The number of likely N-dealkylation sites (tertiary alicyclic amines) is 1. The number of nitrogens with one attached hydrogen (secondary N) is 2. The number of benzene rings is 1. The maximum atomic E-state index is 12.0. The molecule has 1 heterocycles. The smallest absolute Gasteiger partial charge is 0.276 e. The molecule has 24 heavy (non-hydrogen) atoms. The van der Waals surface area contributed by atoms with Crippen LogP contribution in [0.2, 0.25) is 0 Å². The molecule has 2 rings (SSSR count). The summed E-state index contributed by atoms with van der Waals surface area (Å²) in [5, 5.41) is 0. The Hall–Kier alpha value is -1.15. The minimum absolute atomic E-state index is 0.0429. The summed E-state index contributed by atoms with van der Waals surface area (Å²) in [5.41, 5.74) is 1.11. The Labute approximate surface area is 145 Å². The van der Waals surface area contributed by atoms with E-state index >= 15 is 0 Å². The normalized spacial score (nSPS) is 17.1. The summed E-state index contributed by atoms with van der Waals surface area (Å²) in [5.74, 6) is 0.839. The molecule has 1 aliphatic rings. The molecule has 1 atom stereocenters. The van der Waals surface area contributed by atoms with Gasteiger partial charge in [0.15, 0.2) is 0 Å². The molecule has 2 N–H and O–H groups in total. The van der Waals surface area contributed by atoms with E-state index in [0.29, 0.717) is 19.7 Å². The summed E-state index contributed by atoms with van der Waals surface area (Å²) < 4.78 is 34.8. The lowest BCUT2D eigenvalue weighted by molar-refractivity contribution is 0.246. The van der Waals surface area contributed by atoms with Gasteiger partial charge in [0.25, 0.3) is 10.2 Å². The van der Waals surface area contributed by atoms with Crippen LogP contribution < -0.4 is 14.2 Å². The average molecular weight is 356 g/mol. The molecule has 1 aliphatic heterocycles. The molecule has 0 saturated carbocycles. The molecule has 0 radical (unpaired) electrons. The van der Waals surface area contributed by atoms with Gasteiger partial charge in [0.05, 0.1) is 6.61 Å². The second-order valence-corrected chi connectivity index (χ2v) is 7.59. The zero-order chi connectivity index (χ0) is 17.4. The van der Waals surface area contributed by atoms with Crippen LogP contribution in [0.15, 0.2) is 24.3 Å². The Morgan fingerprint density at radius 1 is 1.12 bits per heavy atom. The van der Waals surface area contributed by atoms with Gasteiger partial charge in [-0.3, -0.25) is 4.90 Å². The number of ether oxygens (including phenoxy) is 1. The summed E-state index contributed by atoms with van der Waals surface area (Å²) in [6.07, 6.45) is 3.10. The van der Waals surface area contributed by atoms with Crippen LogP contribution in [0.25, 0.3) is 0 Å². The van der Waals surface area contributed by atoms with Gasteiger partial charge < -0.3 is 4.74 Å². The van der Waals surface area contributed by atoms with Crippen molar-refractivity contribution < 1.29 is 13.2 Å². The predicted molar refractivity (Wildman–Crippen MR) is 96.4 cm³/mol. The molecule has 7 heteroatoms. The molecule has 0 bridgehead atoms. The van der Waals surface area contributed by atoms with Crippen molar-refractivity contribution >= 4 is 10.2 Å². The summed E-state index contributed by atoms with van der Waals surface area (Å²) in [4.78, 5) is 2.35. The van der Waals surface area contributed by atoms with Crippen LogP contribution >= 0.6 is 0 Å². The maximum absolute atomic E-state index is 12.0. The molecule has 1 unspecified atom stereocenters. The van der Waals surface area contributed by atoms with E-state index in [-0.39, 0.29) is 6.04 Å². The highest BCUT2D eigenvalue weighted by Crippen LogP contribution is 2.26. The van der Waals surface area contributed by atoms with Crippen molar-refractivity contribution in [2.45, 2.75) is 39.2 Å². The van der Waals surface area contributed by atoms with E-state index in [0.717, 1.165) is 43.7 Å². The summed E-state index contributed by atoms with van der Waals surface area (Å²) >= 11 is 0. The van der Waals surface area contributed by atoms with Crippen LogP contribution in [-0.4, -0.2) is 46.1 Å². The third-order valence-corrected chi connectivity index (χ3v) is 5.30. The first kappa shape index (κ1) is 19.2. The molecule has 0 aliphatic carbocycles. The zero-order valence-electron chi connectivity index (χ0n) is 14.6. The largest absolute Gasteiger partial charge is 0.494 e. The molecule has 136 valence electrons. The van der Waals surface area contributed by atoms with E-state index in [1.807, 2.05) is 38.1 Å². The summed E-state index contributed by atoms with van der Waals surface area (Å²) in [6.45, 7) is 7.36. The van der Waals surface area contributed by atoms with E-state index in [2.05, 4.69) is 14.3 Å². The Balaban J connectivity index is 2.07. The SMILES string of the molecule is CCCNS(=O)(=O)NCC(c1ccc(OCC)cc1)N1CCCC1. The minimum Gasteiger partial charge on any atom is -0.494 e. The second-order valence-electron chi connectivity index (χ2n) is 6.01. The van der Waals surface area contributed by atoms with Gasteiger partial charge in [0, 0.05) is 19.1 Å². The molecule has 0 aromatic heterocycles. The van der Waals surface area contributed by atoms with Gasteiger partial charge in [-0.15, -0.1) is 0 Å². The number of nitrogens with zero attached hydrogens (tertiary/aromatic N) is 1. The fraction of sp³-hybridized carbons (Fsp3) is 0.647. The third-order valence-electron chi connectivity index (χ3n) is 4.17. The van der Waals surface area contributed by atoms with E-state index in [1.165, 1.54) is 0 Å². The highest BCUT2D eigenvalue weighted by atomic mass is 32.2. The van der Waals surface area contributed by atoms with Gasteiger partial charge in [0.1, 0.15) is 5.75 Å². The van der Waals surface area contributed by atoms with Gasteiger partial charge in [-0.2, -0.15) is 8.42 Å². The van der Waals surface area contributed by atoms with Gasteiger partial charge in [0.2, 0.25) is 0 Å². The van der Waals surface area contributed by atoms with Crippen LogP contribution in [0.3, 0.4) is 0 Å². The molecule has 0 amide bonds. The first-order valence-corrected chi connectivity index (χ1v) is 10.2. The average Bonchev–Trinajstić information content (AvgIpc) is 3.09. The molecular weight excluding hydrogens is 326 g/mol.